The standard InChI is InChI=1S/C25H22BrN9/c1-4-19-28-21-14(2)11-15(3)27-25(21)35(19)13-16-9-10-34-20(12-16)29-22(23(34)26)17-7-5-6-8-18(17)24-30-32-33-31-24/h5-12H,4,13H2,1-3H3,(H,30,31,32,33). The van der Waals surface area contributed by atoms with Gasteiger partial charge in [-0.1, -0.05) is 31.2 Å². The lowest BCUT2D eigenvalue weighted by molar-refractivity contribution is 0.744. The molecule has 5 aromatic heterocycles. The lowest BCUT2D eigenvalue weighted by Crippen LogP contribution is -2.06. The number of benzene rings is 1. The number of nitrogens with one attached hydrogen (secondary N) is 1. The molecule has 174 valence electrons. The topological polar surface area (TPSA) is 102 Å². The molecule has 10 heteroatoms. The number of nitrogens with zero attached hydrogens (tertiary/aromatic N) is 8. The number of tetrazole rings is 1. The fourth-order valence-corrected chi connectivity index (χ4v) is 5.16. The average Bonchev–Trinajstić information content (AvgIpc) is 3.58. The number of aromatic nitrogens is 9. The molecule has 35 heavy (non-hydrogen) atoms. The summed E-state index contributed by atoms with van der Waals surface area (Å²) in [5.74, 6) is 1.56. The average molecular weight is 528 g/mol. The van der Waals surface area contributed by atoms with Gasteiger partial charge in [0.15, 0.2) is 5.65 Å². The monoisotopic (exact) mass is 527 g/mol. The van der Waals surface area contributed by atoms with E-state index in [1.807, 2.05) is 41.8 Å². The van der Waals surface area contributed by atoms with Gasteiger partial charge in [-0.2, -0.15) is 5.21 Å². The lowest BCUT2D eigenvalue weighted by atomic mass is 10.0. The Morgan fingerprint density at radius 3 is 2.60 bits per heavy atom. The van der Waals surface area contributed by atoms with Gasteiger partial charge in [-0.25, -0.2) is 15.0 Å². The smallest absolute Gasteiger partial charge is 0.205 e. The van der Waals surface area contributed by atoms with Gasteiger partial charge in [0.2, 0.25) is 5.82 Å². The number of aromatic amines is 1. The predicted molar refractivity (Wildman–Crippen MR) is 137 cm³/mol. The van der Waals surface area contributed by atoms with Crippen LogP contribution in [0.3, 0.4) is 0 Å². The zero-order valence-electron chi connectivity index (χ0n) is 19.5. The Kier molecular flexibility index (Phi) is 5.18. The van der Waals surface area contributed by atoms with Gasteiger partial charge in [-0.15, -0.1) is 10.2 Å². The first kappa shape index (κ1) is 21.6. The van der Waals surface area contributed by atoms with E-state index in [9.17, 15) is 0 Å². The molecule has 6 aromatic rings. The molecule has 5 heterocycles. The summed E-state index contributed by atoms with van der Waals surface area (Å²) >= 11 is 3.75. The van der Waals surface area contributed by atoms with Crippen molar-refractivity contribution in [2.45, 2.75) is 33.7 Å². The molecule has 9 nitrogen and oxygen atoms in total. The van der Waals surface area contributed by atoms with Crippen molar-refractivity contribution in [2.75, 3.05) is 0 Å². The van der Waals surface area contributed by atoms with Crippen LogP contribution >= 0.6 is 15.9 Å². The van der Waals surface area contributed by atoms with Crippen LogP contribution in [-0.4, -0.2) is 44.5 Å². The molecule has 0 fully saturated rings. The molecule has 1 N–H and O–H groups in total. The Balaban J connectivity index is 1.44. The van der Waals surface area contributed by atoms with E-state index in [0.717, 1.165) is 67.3 Å². The first-order valence-electron chi connectivity index (χ1n) is 11.4. The summed E-state index contributed by atoms with van der Waals surface area (Å²) in [7, 11) is 0. The number of fused-ring (bicyclic) bond motifs is 2. The van der Waals surface area contributed by atoms with Gasteiger partial charge in [0.05, 0.1) is 6.54 Å². The first-order valence-corrected chi connectivity index (χ1v) is 12.2. The minimum absolute atomic E-state index is 0.530. The van der Waals surface area contributed by atoms with Gasteiger partial charge < -0.3 is 4.57 Å². The van der Waals surface area contributed by atoms with Gasteiger partial charge >= 0.3 is 0 Å². The predicted octanol–water partition coefficient (Wildman–Crippen LogP) is 4.92. The highest BCUT2D eigenvalue weighted by atomic mass is 79.9. The van der Waals surface area contributed by atoms with Crippen LogP contribution in [0.1, 0.15) is 29.6 Å². The third-order valence-corrected chi connectivity index (χ3v) is 6.92. The highest BCUT2D eigenvalue weighted by molar-refractivity contribution is 9.10. The highest BCUT2D eigenvalue weighted by Gasteiger charge is 2.19. The van der Waals surface area contributed by atoms with Crippen LogP contribution in [0.4, 0.5) is 0 Å². The van der Waals surface area contributed by atoms with Crippen molar-refractivity contribution in [1.29, 1.82) is 0 Å². The largest absolute Gasteiger partial charge is 0.308 e. The summed E-state index contributed by atoms with van der Waals surface area (Å²) in [6.07, 6.45) is 2.87. The molecule has 0 spiro atoms. The lowest BCUT2D eigenvalue weighted by Gasteiger charge is -2.09. The highest BCUT2D eigenvalue weighted by Crippen LogP contribution is 2.35. The van der Waals surface area contributed by atoms with Crippen molar-refractivity contribution >= 4 is 32.7 Å². The Bertz CT molecular complexity index is 1700. The Morgan fingerprint density at radius 2 is 1.83 bits per heavy atom. The molecular weight excluding hydrogens is 506 g/mol. The maximum atomic E-state index is 4.97. The summed E-state index contributed by atoms with van der Waals surface area (Å²) in [5, 5.41) is 14.5. The molecule has 0 amide bonds. The minimum atomic E-state index is 0.530. The van der Waals surface area contributed by atoms with Gasteiger partial charge in [0, 0.05) is 29.4 Å². The third-order valence-electron chi connectivity index (χ3n) is 6.16. The third kappa shape index (κ3) is 3.61. The van der Waals surface area contributed by atoms with Gasteiger partial charge in [-0.05, 0) is 64.3 Å². The Morgan fingerprint density at radius 1 is 1.00 bits per heavy atom. The molecule has 0 radical (unpaired) electrons. The maximum Gasteiger partial charge on any atom is 0.205 e. The van der Waals surface area contributed by atoms with Crippen LogP contribution in [0.2, 0.25) is 0 Å². The summed E-state index contributed by atoms with van der Waals surface area (Å²) < 4.78 is 5.11. The number of hydrogen-bond donors (Lipinski definition) is 1. The maximum absolute atomic E-state index is 4.97. The van der Waals surface area contributed by atoms with E-state index in [1.54, 1.807) is 0 Å². The minimum Gasteiger partial charge on any atom is -0.308 e. The van der Waals surface area contributed by atoms with Crippen LogP contribution in [0.25, 0.3) is 39.5 Å². The molecule has 6 rings (SSSR count). The van der Waals surface area contributed by atoms with Crippen LogP contribution in [0.15, 0.2) is 53.3 Å². The number of H-pyrrole nitrogens is 1. The van der Waals surface area contributed by atoms with Gasteiger partial charge in [0.1, 0.15) is 27.3 Å². The van der Waals surface area contributed by atoms with Crippen molar-refractivity contribution in [3.63, 3.8) is 0 Å². The number of hydrogen-bond acceptors (Lipinski definition) is 6. The zero-order valence-corrected chi connectivity index (χ0v) is 21.1. The SMILES string of the molecule is CCc1nc2c(C)cc(C)nc2n1Cc1ccn2c(Br)c(-c3ccccc3-c3nn[nH]n3)nc2c1. The summed E-state index contributed by atoms with van der Waals surface area (Å²) in [6.45, 7) is 6.92. The second-order valence-electron chi connectivity index (χ2n) is 8.52. The quantitative estimate of drug-likeness (QED) is 0.341. The van der Waals surface area contributed by atoms with E-state index in [0.29, 0.717) is 12.4 Å². The van der Waals surface area contributed by atoms with Crippen LogP contribution in [0, 0.1) is 13.8 Å². The normalized spacial score (nSPS) is 11.7. The zero-order chi connectivity index (χ0) is 24.1. The van der Waals surface area contributed by atoms with Crippen LogP contribution < -0.4 is 0 Å². The molecule has 0 aliphatic rings. The van der Waals surface area contributed by atoms with Crippen molar-refractivity contribution in [2.24, 2.45) is 0 Å². The first-order chi connectivity index (χ1) is 17.0. The van der Waals surface area contributed by atoms with E-state index < -0.39 is 0 Å². The number of rotatable bonds is 5. The van der Waals surface area contributed by atoms with Gasteiger partial charge in [0.25, 0.3) is 0 Å². The van der Waals surface area contributed by atoms with Crippen molar-refractivity contribution in [3.8, 4) is 22.6 Å². The summed E-state index contributed by atoms with van der Waals surface area (Å²) in [5.41, 5.74) is 8.62. The fourth-order valence-electron chi connectivity index (χ4n) is 4.55. The molecule has 0 atom stereocenters. The van der Waals surface area contributed by atoms with E-state index in [2.05, 4.69) is 73.2 Å². The molecule has 0 saturated carbocycles. The van der Waals surface area contributed by atoms with Crippen molar-refractivity contribution in [3.05, 3.63) is 75.9 Å². The molecule has 0 aliphatic heterocycles. The molecule has 0 saturated heterocycles. The Hall–Kier alpha value is -3.92. The van der Waals surface area contributed by atoms with E-state index >= 15 is 0 Å². The fraction of sp³-hybridized carbons (Fsp3) is 0.200. The Labute approximate surface area is 209 Å². The van der Waals surface area contributed by atoms with Crippen LogP contribution in [0.5, 0.6) is 0 Å². The molecular formula is C25H22BrN9. The molecule has 0 aliphatic carbocycles. The number of halogens is 1. The molecule has 0 bridgehead atoms. The number of aryl methyl sites for hydroxylation is 3. The van der Waals surface area contributed by atoms with Crippen molar-refractivity contribution in [1.82, 2.24) is 44.5 Å². The number of pyridine rings is 2. The van der Waals surface area contributed by atoms with Gasteiger partial charge in [-0.3, -0.25) is 4.40 Å². The molecule has 1 aromatic carbocycles. The van der Waals surface area contributed by atoms with E-state index in [4.69, 9.17) is 15.0 Å². The van der Waals surface area contributed by atoms with Crippen molar-refractivity contribution < 1.29 is 0 Å². The number of imidazole rings is 2. The van der Waals surface area contributed by atoms with E-state index in [-0.39, 0.29) is 0 Å². The van der Waals surface area contributed by atoms with E-state index in [1.165, 1.54) is 0 Å². The van der Waals surface area contributed by atoms with Crippen LogP contribution in [-0.2, 0) is 13.0 Å². The summed E-state index contributed by atoms with van der Waals surface area (Å²) in [4.78, 5) is 14.6. The summed E-state index contributed by atoms with van der Waals surface area (Å²) in [6, 6.07) is 14.2. The second kappa shape index (κ2) is 8.38. The molecule has 0 unspecified atom stereocenters. The second-order valence-corrected chi connectivity index (χ2v) is 9.27.